The van der Waals surface area contributed by atoms with Gasteiger partial charge in [-0.2, -0.15) is 5.70 Å². The zero-order valence-corrected chi connectivity index (χ0v) is 29.6. The second kappa shape index (κ2) is 13.7. The molecule has 6 rings (SSSR count). The molecule has 3 aromatic heterocycles. The molecule has 4 atom stereocenters. The Balaban J connectivity index is 0.00000451. The molecule has 0 amide bonds. The molecule has 1 aliphatic carbocycles. The third kappa shape index (κ3) is 5.56. The maximum Gasteiger partial charge on any atom is 2.00 e. The molecule has 3 aliphatic rings. The average Bonchev–Trinajstić information content (AvgIpc) is 3.80. The summed E-state index contributed by atoms with van der Waals surface area (Å²) < 4.78 is 10.4. The van der Waals surface area contributed by atoms with E-state index in [4.69, 9.17) is 29.7 Å². The number of aromatic nitrogens is 3. The molecule has 0 spiro atoms. The molecule has 1 saturated heterocycles. The normalized spacial score (nSPS) is 23.6. The fourth-order valence-electron chi connectivity index (χ4n) is 7.37. The predicted octanol–water partition coefficient (Wildman–Crippen LogP) is 1.80. The van der Waals surface area contributed by atoms with Crippen LogP contribution in [-0.2, 0) is 25.5 Å². The zero-order chi connectivity index (χ0) is 33.7. The number of fused-ring (bicyclic) bond motifs is 8. The molecule has 3 aromatic rings. The van der Waals surface area contributed by atoms with Crippen LogP contribution in [0.5, 0.6) is 0 Å². The molecule has 2 aliphatic heterocycles. The quantitative estimate of drug-likeness (QED) is 0.228. The molecule has 11 heteroatoms. The van der Waals surface area contributed by atoms with Crippen LogP contribution in [0.25, 0.3) is 41.5 Å². The summed E-state index contributed by atoms with van der Waals surface area (Å²) in [6.07, 6.45) is 9.59. The molecule has 1 N–H and O–H groups in total. The number of nitrogens with zero attached hydrogens (tertiary/aromatic N) is 4. The molecule has 1 unspecified atom stereocenters. The Morgan fingerprint density at radius 1 is 1.02 bits per heavy atom. The van der Waals surface area contributed by atoms with Crippen LogP contribution in [0.1, 0.15) is 83.3 Å². The molecule has 10 nitrogen and oxygen atoms in total. The van der Waals surface area contributed by atoms with Gasteiger partial charge in [0.2, 0.25) is 0 Å². The first-order chi connectivity index (χ1) is 22.6. The standard InChI is InChI=1S/C37H38N4O6.Mg/c1-8-20-17(4)24-13-25-18(5)22(11-12-30(43)47-10-3)34(40-25)32-33(37(45)46-7)36(44)31-19(6)26(41-35(31)32)14-28-21(9-2)23(16-42)29(39-28)15-27(20)38-24;/h8,13-16,18,22,33-34H,1,9-12H2,2-7H3,(H,42,44);/q-4;+2/b25-13+,29-15-;/t18-,22-,33+,34?;/m0./s1. The first-order valence-electron chi connectivity index (χ1n) is 16.0. The number of esters is 2. The minimum absolute atomic E-state index is 0. The van der Waals surface area contributed by atoms with E-state index >= 15 is 0 Å². The number of hydrogen-bond donors (Lipinski definition) is 1. The molecule has 8 bridgehead atoms. The first-order valence-corrected chi connectivity index (χ1v) is 16.0. The van der Waals surface area contributed by atoms with Gasteiger partial charge in [-0.25, -0.2) is 0 Å². The minimum Gasteiger partial charge on any atom is -0.681 e. The third-order valence-electron chi connectivity index (χ3n) is 9.84. The Kier molecular flexibility index (Phi) is 10.0. The average molecular weight is 659 g/mol. The second-order valence-corrected chi connectivity index (χ2v) is 12.2. The van der Waals surface area contributed by atoms with Crippen molar-refractivity contribution in [1.82, 2.24) is 15.0 Å². The second-order valence-electron chi connectivity index (χ2n) is 12.2. The van der Waals surface area contributed by atoms with Crippen molar-refractivity contribution >= 4 is 76.9 Å². The van der Waals surface area contributed by atoms with Crippen molar-refractivity contribution in [3.05, 3.63) is 83.8 Å². The molecule has 0 saturated carbocycles. The summed E-state index contributed by atoms with van der Waals surface area (Å²) >= 11 is 0. The van der Waals surface area contributed by atoms with Gasteiger partial charge in [0.25, 0.3) is 0 Å². The summed E-state index contributed by atoms with van der Waals surface area (Å²) in [6.45, 7) is 13.9. The molecule has 246 valence electrons. The largest absolute Gasteiger partial charge is 2.00 e. The van der Waals surface area contributed by atoms with Crippen molar-refractivity contribution in [3.63, 3.8) is 0 Å². The monoisotopic (exact) mass is 658 g/mol. The van der Waals surface area contributed by atoms with Gasteiger partial charge in [0.15, 0.2) is 5.78 Å². The molecule has 0 aromatic carbocycles. The number of ether oxygens (including phenoxy) is 2. The Hall–Kier alpha value is -4.22. The Bertz CT molecular complexity index is 2110. The fourth-order valence-corrected chi connectivity index (χ4v) is 7.37. The summed E-state index contributed by atoms with van der Waals surface area (Å²) in [5.41, 5.74) is 6.73. The third-order valence-corrected chi connectivity index (χ3v) is 9.84. The maximum atomic E-state index is 14.1. The minimum atomic E-state index is -1.20. The van der Waals surface area contributed by atoms with Gasteiger partial charge in [0, 0.05) is 12.0 Å². The van der Waals surface area contributed by atoms with Crippen LogP contribution in [-0.4, -0.2) is 65.6 Å². The number of aliphatic hydroxyl groups is 1. The van der Waals surface area contributed by atoms with E-state index in [1.165, 1.54) is 7.11 Å². The van der Waals surface area contributed by atoms with Crippen molar-refractivity contribution in [1.29, 1.82) is 0 Å². The van der Waals surface area contributed by atoms with E-state index in [1.54, 1.807) is 13.0 Å². The fraction of sp³-hybridized carbons (Fsp3) is 0.378. The number of rotatable bonds is 7. The number of aliphatic hydroxyl groups excluding tert-OH is 1. The Labute approximate surface area is 294 Å². The van der Waals surface area contributed by atoms with Crippen LogP contribution in [0.2, 0.25) is 0 Å². The number of hydrogen-bond acceptors (Lipinski definition) is 6. The van der Waals surface area contributed by atoms with Gasteiger partial charge in [-0.15, -0.1) is 33.1 Å². The van der Waals surface area contributed by atoms with E-state index in [2.05, 4.69) is 6.58 Å². The van der Waals surface area contributed by atoms with Gasteiger partial charge in [0.1, 0.15) is 5.92 Å². The van der Waals surface area contributed by atoms with Crippen LogP contribution in [0.15, 0.2) is 12.3 Å². The van der Waals surface area contributed by atoms with E-state index in [0.717, 1.165) is 28.6 Å². The number of ketones is 1. The van der Waals surface area contributed by atoms with Crippen molar-refractivity contribution < 1.29 is 29.0 Å². The summed E-state index contributed by atoms with van der Waals surface area (Å²) in [7, 11) is 1.27. The predicted molar refractivity (Wildman–Crippen MR) is 184 cm³/mol. The number of carbonyl (C=O) groups is 3. The van der Waals surface area contributed by atoms with E-state index in [1.807, 2.05) is 45.9 Å². The van der Waals surface area contributed by atoms with Crippen LogP contribution < -0.4 is 36.2 Å². The van der Waals surface area contributed by atoms with E-state index in [-0.39, 0.29) is 59.7 Å². The van der Waals surface area contributed by atoms with Gasteiger partial charge < -0.3 is 34.8 Å². The Morgan fingerprint density at radius 3 is 2.40 bits per heavy atom. The van der Waals surface area contributed by atoms with Gasteiger partial charge in [0.05, 0.1) is 20.0 Å². The van der Waals surface area contributed by atoms with Gasteiger partial charge in [-0.1, -0.05) is 73.0 Å². The van der Waals surface area contributed by atoms with E-state index in [0.29, 0.717) is 67.9 Å². The first kappa shape index (κ1) is 35.1. The van der Waals surface area contributed by atoms with Crippen molar-refractivity contribution in [2.75, 3.05) is 13.7 Å². The summed E-state index contributed by atoms with van der Waals surface area (Å²) in [5.74, 6) is -2.96. The summed E-state index contributed by atoms with van der Waals surface area (Å²) in [6, 6.07) is -0.624. The molecule has 48 heavy (non-hydrogen) atoms. The van der Waals surface area contributed by atoms with Crippen LogP contribution in [0.4, 0.5) is 0 Å². The van der Waals surface area contributed by atoms with Gasteiger partial charge in [-0.3, -0.25) is 14.4 Å². The van der Waals surface area contributed by atoms with Crippen molar-refractivity contribution in [2.45, 2.75) is 59.9 Å². The van der Waals surface area contributed by atoms with Crippen LogP contribution >= 0.6 is 0 Å². The van der Waals surface area contributed by atoms with Gasteiger partial charge in [-0.05, 0) is 56.2 Å². The smallest absolute Gasteiger partial charge is 0.681 e. The Morgan fingerprint density at radius 2 is 1.75 bits per heavy atom. The number of Topliss-reactive ketones (excluding diaryl/α,β-unsaturated/α-hetero) is 1. The SMILES string of the molecule is C=Cc1c2[n-]c(c1C)/C=C1/[N-]C(C3=c4[n-]/c(c(C)c4C(=O)[C@@H]3C(=O)OC)=C\c3[n-]c(/c(=C\O)c3CC)=C\2)[C@@H](CCC(=O)OCC)[C@@H]1C.[Mg+2]. The summed E-state index contributed by atoms with van der Waals surface area (Å²) in [4.78, 5) is 54.8. The molecular weight excluding hydrogens is 621 g/mol. The molecular formula is C37H38MgN4O6-2. The maximum absolute atomic E-state index is 14.1. The molecule has 0 radical (unpaired) electrons. The van der Waals surface area contributed by atoms with Crippen molar-refractivity contribution in [3.8, 4) is 0 Å². The number of carbonyl (C=O) groups excluding carboxylic acids is 3. The zero-order valence-electron chi connectivity index (χ0n) is 28.2. The molecule has 1 fully saturated rings. The number of methoxy groups -OCH3 is 1. The van der Waals surface area contributed by atoms with Crippen LogP contribution in [0.3, 0.4) is 0 Å². The summed E-state index contributed by atoms with van der Waals surface area (Å²) in [5, 5.41) is 17.6. The van der Waals surface area contributed by atoms with Gasteiger partial charge >= 0.3 is 35.0 Å². The van der Waals surface area contributed by atoms with Crippen molar-refractivity contribution in [2.24, 2.45) is 17.8 Å². The van der Waals surface area contributed by atoms with E-state index in [9.17, 15) is 19.5 Å². The topological polar surface area (TPSA) is 146 Å². The van der Waals surface area contributed by atoms with E-state index < -0.39 is 17.9 Å². The number of allylic oxidation sites excluding steroid dienone is 1. The van der Waals surface area contributed by atoms with Crippen LogP contribution in [0, 0.1) is 31.6 Å². The molecule has 5 heterocycles.